The van der Waals surface area contributed by atoms with Crippen molar-refractivity contribution in [2.75, 3.05) is 13.2 Å². The lowest BCUT2D eigenvalue weighted by Gasteiger charge is -2.28. The van der Waals surface area contributed by atoms with Crippen LogP contribution in [0.15, 0.2) is 0 Å². The van der Waals surface area contributed by atoms with Gasteiger partial charge in [-0.05, 0) is 38.5 Å². The molecule has 5 heteroatoms. The molecule has 2 aliphatic rings. The quantitative estimate of drug-likeness (QED) is 0.889. The molecule has 1 saturated heterocycles. The van der Waals surface area contributed by atoms with E-state index < -0.39 is 0 Å². The Bertz CT molecular complexity index is 385. The molecule has 1 aromatic heterocycles. The largest absolute Gasteiger partial charge is 0.381 e. The van der Waals surface area contributed by atoms with E-state index in [0.717, 1.165) is 30.7 Å². The van der Waals surface area contributed by atoms with Gasteiger partial charge in [0, 0.05) is 25.1 Å². The molecule has 0 unspecified atom stereocenters. The van der Waals surface area contributed by atoms with Crippen molar-refractivity contribution in [1.82, 2.24) is 15.5 Å². The number of ether oxygens (including phenoxy) is 1. The molecule has 18 heavy (non-hydrogen) atoms. The molecule has 2 fully saturated rings. The fourth-order valence-corrected chi connectivity index (χ4v) is 3.37. The van der Waals surface area contributed by atoms with Crippen LogP contribution in [0.25, 0.3) is 0 Å². The number of nitrogens with one attached hydrogen (secondary N) is 1. The van der Waals surface area contributed by atoms with Crippen LogP contribution in [0.4, 0.5) is 0 Å². The maximum absolute atomic E-state index is 5.53. The van der Waals surface area contributed by atoms with Gasteiger partial charge in [0.05, 0.1) is 6.61 Å². The van der Waals surface area contributed by atoms with Crippen LogP contribution in [-0.4, -0.2) is 29.5 Å². The molecule has 1 saturated carbocycles. The van der Waals surface area contributed by atoms with Gasteiger partial charge in [0.1, 0.15) is 10.0 Å². The molecule has 1 N–H and O–H groups in total. The van der Waals surface area contributed by atoms with Gasteiger partial charge >= 0.3 is 0 Å². The molecule has 0 bridgehead atoms. The number of hydrogen-bond donors (Lipinski definition) is 1. The van der Waals surface area contributed by atoms with Crippen LogP contribution in [0.5, 0.6) is 0 Å². The zero-order valence-corrected chi connectivity index (χ0v) is 11.7. The highest BCUT2D eigenvalue weighted by Gasteiger charge is 2.27. The minimum atomic E-state index is 0.499. The summed E-state index contributed by atoms with van der Waals surface area (Å²) in [7, 11) is 0. The summed E-state index contributed by atoms with van der Waals surface area (Å²) >= 11 is 1.78. The molecule has 1 aliphatic heterocycles. The zero-order valence-electron chi connectivity index (χ0n) is 10.9. The Labute approximate surface area is 112 Å². The Morgan fingerprint density at radius 1 is 1.39 bits per heavy atom. The van der Waals surface area contributed by atoms with Crippen molar-refractivity contribution >= 4 is 11.3 Å². The molecule has 1 aliphatic carbocycles. The lowest BCUT2D eigenvalue weighted by Crippen LogP contribution is -2.37. The molecule has 0 amide bonds. The first kappa shape index (κ1) is 12.5. The minimum Gasteiger partial charge on any atom is -0.381 e. The van der Waals surface area contributed by atoms with Crippen LogP contribution in [-0.2, 0) is 11.3 Å². The van der Waals surface area contributed by atoms with Crippen molar-refractivity contribution in [2.45, 2.75) is 51.1 Å². The van der Waals surface area contributed by atoms with Gasteiger partial charge in [0.15, 0.2) is 0 Å². The van der Waals surface area contributed by atoms with Gasteiger partial charge < -0.3 is 10.1 Å². The minimum absolute atomic E-state index is 0.499. The molecular weight excluding hydrogens is 246 g/mol. The van der Waals surface area contributed by atoms with Gasteiger partial charge in [0.25, 0.3) is 0 Å². The second-order valence-corrected chi connectivity index (χ2v) is 6.55. The first-order valence-corrected chi connectivity index (χ1v) is 7.78. The second-order valence-electron chi connectivity index (χ2n) is 5.46. The van der Waals surface area contributed by atoms with Crippen LogP contribution < -0.4 is 5.32 Å². The van der Waals surface area contributed by atoms with E-state index in [4.69, 9.17) is 4.74 Å². The summed E-state index contributed by atoms with van der Waals surface area (Å²) in [6, 6.07) is 0.499. The topological polar surface area (TPSA) is 47.0 Å². The fourth-order valence-electron chi connectivity index (χ4n) is 2.41. The van der Waals surface area contributed by atoms with E-state index >= 15 is 0 Å². The Morgan fingerprint density at radius 3 is 3.00 bits per heavy atom. The molecule has 100 valence electrons. The SMILES string of the molecule is C[C@@H](NCc1nnc(C2CC2)s1)[C@@H]1CCCOC1. The molecule has 3 rings (SSSR count). The molecule has 0 spiro atoms. The molecular formula is C13H21N3OS. The summed E-state index contributed by atoms with van der Waals surface area (Å²) in [5.41, 5.74) is 0. The fraction of sp³-hybridized carbons (Fsp3) is 0.846. The normalized spacial score (nSPS) is 26.2. The first-order chi connectivity index (χ1) is 8.83. The van der Waals surface area contributed by atoms with E-state index in [1.54, 1.807) is 11.3 Å². The smallest absolute Gasteiger partial charge is 0.131 e. The number of nitrogens with zero attached hydrogens (tertiary/aromatic N) is 2. The van der Waals surface area contributed by atoms with E-state index in [-0.39, 0.29) is 0 Å². The summed E-state index contributed by atoms with van der Waals surface area (Å²) in [6.07, 6.45) is 5.08. The first-order valence-electron chi connectivity index (χ1n) is 6.96. The summed E-state index contributed by atoms with van der Waals surface area (Å²) in [6.45, 7) is 4.94. The summed E-state index contributed by atoms with van der Waals surface area (Å²) in [5, 5.41) is 14.5. The number of rotatable bonds is 5. The standard InChI is InChI=1S/C13H21N3OS/c1-9(11-3-2-6-17-8-11)14-7-12-15-16-13(18-12)10-4-5-10/h9-11,14H,2-8H2,1H3/t9-,11-/m1/s1. The second kappa shape index (κ2) is 5.63. The van der Waals surface area contributed by atoms with Crippen molar-refractivity contribution in [1.29, 1.82) is 0 Å². The zero-order chi connectivity index (χ0) is 12.4. The highest BCUT2D eigenvalue weighted by atomic mass is 32.1. The van der Waals surface area contributed by atoms with Gasteiger partial charge in [-0.25, -0.2) is 0 Å². The summed E-state index contributed by atoms with van der Waals surface area (Å²) < 4.78 is 5.53. The maximum Gasteiger partial charge on any atom is 0.131 e. The van der Waals surface area contributed by atoms with Crippen molar-refractivity contribution in [3.8, 4) is 0 Å². The van der Waals surface area contributed by atoms with E-state index in [1.807, 2.05) is 0 Å². The van der Waals surface area contributed by atoms with E-state index in [0.29, 0.717) is 12.0 Å². The van der Waals surface area contributed by atoms with Gasteiger partial charge in [-0.2, -0.15) is 0 Å². The van der Waals surface area contributed by atoms with E-state index in [2.05, 4.69) is 22.4 Å². The van der Waals surface area contributed by atoms with Crippen LogP contribution >= 0.6 is 11.3 Å². The summed E-state index contributed by atoms with van der Waals surface area (Å²) in [4.78, 5) is 0. The molecule has 2 atom stereocenters. The molecule has 4 nitrogen and oxygen atoms in total. The average molecular weight is 267 g/mol. The Kier molecular flexibility index (Phi) is 3.91. The predicted octanol–water partition coefficient (Wildman–Crippen LogP) is 2.32. The van der Waals surface area contributed by atoms with Crippen LogP contribution in [0.1, 0.15) is 48.5 Å². The van der Waals surface area contributed by atoms with Crippen LogP contribution in [0.3, 0.4) is 0 Å². The third-order valence-electron chi connectivity index (χ3n) is 3.89. The highest BCUT2D eigenvalue weighted by molar-refractivity contribution is 7.11. The van der Waals surface area contributed by atoms with Gasteiger partial charge in [0.2, 0.25) is 0 Å². The highest BCUT2D eigenvalue weighted by Crippen LogP contribution is 2.41. The van der Waals surface area contributed by atoms with Crippen LogP contribution in [0, 0.1) is 5.92 Å². The van der Waals surface area contributed by atoms with Crippen molar-refractivity contribution in [3.63, 3.8) is 0 Å². The molecule has 0 radical (unpaired) electrons. The number of aromatic nitrogens is 2. The molecule has 0 aromatic carbocycles. The monoisotopic (exact) mass is 267 g/mol. The van der Waals surface area contributed by atoms with E-state index in [9.17, 15) is 0 Å². The Hall–Kier alpha value is -0.520. The predicted molar refractivity (Wildman–Crippen MR) is 71.7 cm³/mol. The van der Waals surface area contributed by atoms with Crippen molar-refractivity contribution in [3.05, 3.63) is 10.0 Å². The molecule has 1 aromatic rings. The van der Waals surface area contributed by atoms with E-state index in [1.165, 1.54) is 30.7 Å². The van der Waals surface area contributed by atoms with Crippen LogP contribution in [0.2, 0.25) is 0 Å². The lowest BCUT2D eigenvalue weighted by molar-refractivity contribution is 0.0417. The lowest BCUT2D eigenvalue weighted by atomic mass is 9.95. The third-order valence-corrected chi connectivity index (χ3v) is 4.97. The molecule has 2 heterocycles. The van der Waals surface area contributed by atoms with Gasteiger partial charge in [-0.15, -0.1) is 10.2 Å². The van der Waals surface area contributed by atoms with Crippen molar-refractivity contribution < 1.29 is 4.74 Å². The average Bonchev–Trinajstić information content (AvgIpc) is 3.16. The van der Waals surface area contributed by atoms with Gasteiger partial charge in [-0.3, -0.25) is 0 Å². The summed E-state index contributed by atoms with van der Waals surface area (Å²) in [5.74, 6) is 1.37. The van der Waals surface area contributed by atoms with Crippen molar-refractivity contribution in [2.24, 2.45) is 5.92 Å². The maximum atomic E-state index is 5.53. The van der Waals surface area contributed by atoms with Gasteiger partial charge in [-0.1, -0.05) is 11.3 Å². The third kappa shape index (κ3) is 3.08. The Morgan fingerprint density at radius 2 is 2.28 bits per heavy atom. The Balaban J connectivity index is 1.46. The number of hydrogen-bond acceptors (Lipinski definition) is 5.